The zero-order chi connectivity index (χ0) is 26.6. The molecule has 0 spiro atoms. The van der Waals surface area contributed by atoms with Crippen LogP contribution in [0.2, 0.25) is 0 Å². The Balaban J connectivity index is 1.49. The lowest BCUT2D eigenvalue weighted by molar-refractivity contribution is 0.0954. The van der Waals surface area contributed by atoms with Gasteiger partial charge in [-0.1, -0.05) is 24.0 Å². The quantitative estimate of drug-likeness (QED) is 0.273. The lowest BCUT2D eigenvalue weighted by Crippen LogP contribution is -2.30. The van der Waals surface area contributed by atoms with Gasteiger partial charge in [-0.15, -0.1) is 0 Å². The molecule has 0 aliphatic heterocycles. The van der Waals surface area contributed by atoms with Crippen molar-refractivity contribution in [1.29, 1.82) is 0 Å². The Morgan fingerprint density at radius 2 is 1.66 bits per heavy atom. The summed E-state index contributed by atoms with van der Waals surface area (Å²) in [4.78, 5) is 32.8. The molecule has 2 aromatic heterocycles. The van der Waals surface area contributed by atoms with Crippen molar-refractivity contribution in [2.75, 3.05) is 25.0 Å². The number of hydrogen-bond donors (Lipinski definition) is 4. The molecule has 0 aliphatic rings. The number of amides is 3. The van der Waals surface area contributed by atoms with Crippen molar-refractivity contribution in [3.05, 3.63) is 114 Å². The second-order valence-corrected chi connectivity index (χ2v) is 8.36. The molecule has 5 N–H and O–H groups in total. The van der Waals surface area contributed by atoms with Gasteiger partial charge in [-0.05, 0) is 77.7 Å². The average molecular weight is 505 g/mol. The van der Waals surface area contributed by atoms with Gasteiger partial charge in [-0.25, -0.2) is 4.79 Å². The first-order valence-corrected chi connectivity index (χ1v) is 12.2. The van der Waals surface area contributed by atoms with Gasteiger partial charge >= 0.3 is 6.03 Å². The van der Waals surface area contributed by atoms with Gasteiger partial charge in [0, 0.05) is 66.8 Å². The number of nitrogens with two attached hydrogens (primary N) is 1. The number of urea groups is 1. The Labute approximate surface area is 221 Å². The first kappa shape index (κ1) is 26.1. The van der Waals surface area contributed by atoms with Crippen LogP contribution in [0.4, 0.5) is 10.5 Å². The number of nitrogens with one attached hydrogen (secondary N) is 3. The zero-order valence-corrected chi connectivity index (χ0v) is 20.8. The van der Waals surface area contributed by atoms with Gasteiger partial charge in [-0.2, -0.15) is 0 Å². The summed E-state index contributed by atoms with van der Waals surface area (Å²) < 4.78 is 0. The molecule has 0 aliphatic carbocycles. The molecule has 8 nitrogen and oxygen atoms in total. The number of rotatable bonds is 8. The van der Waals surface area contributed by atoms with Crippen LogP contribution in [0, 0.1) is 11.8 Å². The number of hydrogen-bond acceptors (Lipinski definition) is 5. The van der Waals surface area contributed by atoms with Crippen LogP contribution >= 0.6 is 0 Å². The minimum absolute atomic E-state index is 0.174. The smallest absolute Gasteiger partial charge is 0.319 e. The van der Waals surface area contributed by atoms with Crippen LogP contribution in [0.5, 0.6) is 0 Å². The zero-order valence-electron chi connectivity index (χ0n) is 20.8. The molecule has 8 heteroatoms. The number of benzene rings is 2. The van der Waals surface area contributed by atoms with Crippen LogP contribution < -0.4 is 21.7 Å². The number of pyridine rings is 2. The van der Waals surface area contributed by atoms with Gasteiger partial charge in [0.1, 0.15) is 0 Å². The molecule has 0 atom stereocenters. The molecule has 0 saturated heterocycles. The van der Waals surface area contributed by atoms with Crippen molar-refractivity contribution in [1.82, 2.24) is 20.6 Å². The van der Waals surface area contributed by atoms with Crippen LogP contribution in [0.15, 0.2) is 91.5 Å². The number of aromatic nitrogens is 2. The second-order valence-electron chi connectivity index (χ2n) is 8.36. The van der Waals surface area contributed by atoms with Crippen molar-refractivity contribution in [2.45, 2.75) is 6.42 Å². The van der Waals surface area contributed by atoms with Gasteiger partial charge in [0.25, 0.3) is 5.91 Å². The Bertz CT molecular complexity index is 1430. The van der Waals surface area contributed by atoms with E-state index in [4.69, 9.17) is 5.73 Å². The van der Waals surface area contributed by atoms with Gasteiger partial charge in [0.05, 0.1) is 0 Å². The van der Waals surface area contributed by atoms with Crippen molar-refractivity contribution < 1.29 is 9.59 Å². The van der Waals surface area contributed by atoms with E-state index >= 15 is 0 Å². The van der Waals surface area contributed by atoms with Gasteiger partial charge in [-0.3, -0.25) is 14.8 Å². The maximum atomic E-state index is 12.5. The van der Waals surface area contributed by atoms with Crippen LogP contribution in [-0.2, 0) is 6.42 Å². The summed E-state index contributed by atoms with van der Waals surface area (Å²) in [5.41, 5.74) is 11.0. The Hall–Kier alpha value is -5.00. The van der Waals surface area contributed by atoms with E-state index in [9.17, 15) is 9.59 Å². The van der Waals surface area contributed by atoms with E-state index < -0.39 is 0 Å². The minimum Gasteiger partial charge on any atom is -0.351 e. The molecule has 2 heterocycles. The number of carbonyl (C=O) groups excluding carboxylic acids is 2. The first-order chi connectivity index (χ1) is 18.6. The Kier molecular flexibility index (Phi) is 9.16. The predicted molar refractivity (Wildman–Crippen MR) is 148 cm³/mol. The SMILES string of the molecule is NCCNC(=O)c1ccc(C#Cc2cc(NC(=O)NCCc3cccnc3)ccc2-c2ccncc2)cc1. The Morgan fingerprint density at radius 3 is 2.39 bits per heavy atom. The summed E-state index contributed by atoms with van der Waals surface area (Å²) in [6.45, 7) is 1.29. The molecule has 0 radical (unpaired) electrons. The van der Waals surface area contributed by atoms with Crippen molar-refractivity contribution in [2.24, 2.45) is 5.73 Å². The lowest BCUT2D eigenvalue weighted by atomic mass is 9.99. The lowest BCUT2D eigenvalue weighted by Gasteiger charge is -2.11. The molecule has 0 unspecified atom stereocenters. The van der Waals surface area contributed by atoms with Crippen LogP contribution in [-0.4, -0.2) is 41.5 Å². The molecular weight excluding hydrogens is 476 g/mol. The molecular formula is C30H28N6O2. The fourth-order valence-electron chi connectivity index (χ4n) is 3.68. The summed E-state index contributed by atoms with van der Waals surface area (Å²) in [5.74, 6) is 6.21. The highest BCUT2D eigenvalue weighted by Crippen LogP contribution is 2.26. The average Bonchev–Trinajstić information content (AvgIpc) is 2.96. The van der Waals surface area contributed by atoms with Gasteiger partial charge < -0.3 is 21.7 Å². The summed E-state index contributed by atoms with van der Waals surface area (Å²) in [5, 5.41) is 8.50. The summed E-state index contributed by atoms with van der Waals surface area (Å²) in [6.07, 6.45) is 7.64. The van der Waals surface area contributed by atoms with E-state index in [1.54, 1.807) is 49.1 Å². The standard InChI is InChI=1S/C30H28N6O2/c31-14-19-34-29(37)25-6-3-22(4-7-25)5-8-26-20-27(9-10-28(26)24-12-16-32-17-13-24)36-30(38)35-18-11-23-2-1-15-33-21-23/h1-4,6-7,9-10,12-13,15-17,20-21H,11,14,18-19,31H2,(H,34,37)(H2,35,36,38). The molecule has 0 bridgehead atoms. The van der Waals surface area contributed by atoms with Crippen molar-refractivity contribution >= 4 is 17.6 Å². The Morgan fingerprint density at radius 1 is 0.842 bits per heavy atom. The van der Waals surface area contributed by atoms with Gasteiger partial charge in [0.15, 0.2) is 0 Å². The molecule has 4 rings (SSSR count). The van der Waals surface area contributed by atoms with Crippen LogP contribution in [0.1, 0.15) is 27.0 Å². The third kappa shape index (κ3) is 7.50. The van der Waals surface area contributed by atoms with Crippen molar-refractivity contribution in [3.63, 3.8) is 0 Å². The molecule has 38 heavy (non-hydrogen) atoms. The normalized spacial score (nSPS) is 10.1. The highest BCUT2D eigenvalue weighted by molar-refractivity contribution is 5.94. The van der Waals surface area contributed by atoms with E-state index in [-0.39, 0.29) is 11.9 Å². The molecule has 4 aromatic rings. The molecule has 2 aromatic carbocycles. The van der Waals surface area contributed by atoms with Crippen LogP contribution in [0.25, 0.3) is 11.1 Å². The molecule has 0 fully saturated rings. The van der Waals surface area contributed by atoms with E-state index in [0.29, 0.717) is 37.3 Å². The van der Waals surface area contributed by atoms with E-state index in [1.165, 1.54) is 0 Å². The largest absolute Gasteiger partial charge is 0.351 e. The third-order valence-electron chi connectivity index (χ3n) is 5.61. The van der Waals surface area contributed by atoms with E-state index in [2.05, 4.69) is 37.8 Å². The molecule has 190 valence electrons. The van der Waals surface area contributed by atoms with E-state index in [1.807, 2.05) is 42.5 Å². The second kappa shape index (κ2) is 13.3. The maximum absolute atomic E-state index is 12.5. The number of carbonyl (C=O) groups is 2. The topological polar surface area (TPSA) is 122 Å². The highest BCUT2D eigenvalue weighted by atomic mass is 16.2. The summed E-state index contributed by atoms with van der Waals surface area (Å²) >= 11 is 0. The maximum Gasteiger partial charge on any atom is 0.319 e. The number of anilines is 1. The van der Waals surface area contributed by atoms with Crippen molar-refractivity contribution in [3.8, 4) is 23.0 Å². The molecule has 0 saturated carbocycles. The molecule has 3 amide bonds. The van der Waals surface area contributed by atoms with Crippen LogP contribution in [0.3, 0.4) is 0 Å². The fourth-order valence-corrected chi connectivity index (χ4v) is 3.68. The highest BCUT2D eigenvalue weighted by Gasteiger charge is 2.08. The first-order valence-electron chi connectivity index (χ1n) is 12.2. The minimum atomic E-state index is -0.298. The van der Waals surface area contributed by atoms with E-state index in [0.717, 1.165) is 27.8 Å². The third-order valence-corrected chi connectivity index (χ3v) is 5.61. The summed E-state index contributed by atoms with van der Waals surface area (Å²) in [6, 6.07) is 20.0. The fraction of sp³-hybridized carbons (Fsp3) is 0.133. The van der Waals surface area contributed by atoms with Gasteiger partial charge in [0.2, 0.25) is 0 Å². The number of nitrogens with zero attached hydrogens (tertiary/aromatic N) is 2. The summed E-state index contributed by atoms with van der Waals surface area (Å²) in [7, 11) is 0. The predicted octanol–water partition coefficient (Wildman–Crippen LogP) is 3.60. The monoisotopic (exact) mass is 504 g/mol.